The smallest absolute Gasteiger partial charge is 0.229 e. The fraction of sp³-hybridized carbons (Fsp3) is 0.238. The zero-order chi connectivity index (χ0) is 19.7. The van der Waals surface area contributed by atoms with Crippen LogP contribution >= 0.6 is 11.8 Å². The summed E-state index contributed by atoms with van der Waals surface area (Å²) >= 11 is 1.47. The Hall–Kier alpha value is -2.98. The summed E-state index contributed by atoms with van der Waals surface area (Å²) in [6.45, 7) is 0.354. The van der Waals surface area contributed by atoms with Gasteiger partial charge in [0.25, 0.3) is 0 Å². The van der Waals surface area contributed by atoms with E-state index in [9.17, 15) is 14.4 Å². The van der Waals surface area contributed by atoms with E-state index < -0.39 is 0 Å². The van der Waals surface area contributed by atoms with Crippen LogP contribution in [-0.2, 0) is 4.79 Å². The van der Waals surface area contributed by atoms with Gasteiger partial charge in [-0.25, -0.2) is 4.39 Å². The van der Waals surface area contributed by atoms with Crippen molar-refractivity contribution in [2.24, 2.45) is 0 Å². The van der Waals surface area contributed by atoms with Crippen LogP contribution in [0.2, 0.25) is 0 Å². The maximum absolute atomic E-state index is 13.2. The molecule has 4 rings (SSSR count). The summed E-state index contributed by atoms with van der Waals surface area (Å²) in [4.78, 5) is 16.5. The minimum atomic E-state index is -0.294. The molecule has 0 aromatic heterocycles. The number of hydrogen-bond acceptors (Lipinski definition) is 5. The first-order valence-corrected chi connectivity index (χ1v) is 9.81. The van der Waals surface area contributed by atoms with Gasteiger partial charge in [-0.2, -0.15) is 5.26 Å². The van der Waals surface area contributed by atoms with E-state index in [1.807, 2.05) is 29.2 Å². The monoisotopic (exact) mass is 395 g/mol. The Kier molecular flexibility index (Phi) is 4.97. The molecule has 0 aliphatic carbocycles. The van der Waals surface area contributed by atoms with E-state index >= 15 is 0 Å². The molecule has 0 radical (unpaired) electrons. The quantitative estimate of drug-likeness (QED) is 0.785. The number of allylic oxidation sites excluding steroid dienone is 1. The van der Waals surface area contributed by atoms with E-state index in [0.29, 0.717) is 18.1 Å². The number of nitriles is 1. The summed E-state index contributed by atoms with van der Waals surface area (Å²) in [6.07, 6.45) is 0.247. The number of benzene rings is 2. The summed E-state index contributed by atoms with van der Waals surface area (Å²) < 4.78 is 18.4. The Morgan fingerprint density at radius 3 is 2.54 bits per heavy atom. The van der Waals surface area contributed by atoms with Gasteiger partial charge in [-0.15, -0.1) is 0 Å². The summed E-state index contributed by atoms with van der Waals surface area (Å²) in [5.74, 6) is 0.761. The topological polar surface area (TPSA) is 56.6 Å². The van der Waals surface area contributed by atoms with Gasteiger partial charge in [0.05, 0.1) is 36.3 Å². The fourth-order valence-corrected chi connectivity index (χ4v) is 4.67. The van der Waals surface area contributed by atoms with Crippen molar-refractivity contribution in [1.29, 1.82) is 5.26 Å². The molecule has 28 heavy (non-hydrogen) atoms. The molecular formula is C21H18FN3O2S. The van der Waals surface area contributed by atoms with Gasteiger partial charge < -0.3 is 9.64 Å². The van der Waals surface area contributed by atoms with Crippen LogP contribution in [0.1, 0.15) is 17.9 Å². The summed E-state index contributed by atoms with van der Waals surface area (Å²) in [6, 6.07) is 16.0. The lowest BCUT2D eigenvalue weighted by molar-refractivity contribution is -0.129. The number of thioether (sulfide) groups is 1. The van der Waals surface area contributed by atoms with Gasteiger partial charge in [-0.1, -0.05) is 23.9 Å². The molecule has 7 heteroatoms. The first kappa shape index (κ1) is 18.4. The third-order valence-corrected chi connectivity index (χ3v) is 6.16. The van der Waals surface area contributed by atoms with E-state index in [4.69, 9.17) is 4.74 Å². The van der Waals surface area contributed by atoms with Gasteiger partial charge in [0.15, 0.2) is 0 Å². The van der Waals surface area contributed by atoms with Crippen molar-refractivity contribution >= 4 is 23.4 Å². The SMILES string of the molecule is COc1ccc(C2CC(=O)N3CN(c4ccc(F)cc4)CSC3=C2C#N)cc1. The molecule has 0 N–H and O–H groups in total. The fourth-order valence-electron chi connectivity index (χ4n) is 3.50. The zero-order valence-electron chi connectivity index (χ0n) is 15.3. The first-order chi connectivity index (χ1) is 13.6. The molecule has 2 aliphatic heterocycles. The van der Waals surface area contributed by atoms with Crippen molar-refractivity contribution in [3.8, 4) is 11.8 Å². The highest BCUT2D eigenvalue weighted by atomic mass is 32.2. The Labute approximate surface area is 167 Å². The van der Waals surface area contributed by atoms with Gasteiger partial charge in [0.2, 0.25) is 5.91 Å². The predicted octanol–water partition coefficient (Wildman–Crippen LogP) is 4.05. The van der Waals surface area contributed by atoms with Gasteiger partial charge in [0, 0.05) is 18.0 Å². The minimum Gasteiger partial charge on any atom is -0.497 e. The second kappa shape index (κ2) is 7.56. The second-order valence-electron chi connectivity index (χ2n) is 6.61. The maximum Gasteiger partial charge on any atom is 0.229 e. The number of carbonyl (C=O) groups is 1. The maximum atomic E-state index is 13.2. The number of fused-ring (bicyclic) bond motifs is 1. The predicted molar refractivity (Wildman–Crippen MR) is 106 cm³/mol. The van der Waals surface area contributed by atoms with Gasteiger partial charge in [0.1, 0.15) is 11.6 Å². The highest BCUT2D eigenvalue weighted by Gasteiger charge is 2.38. The average Bonchev–Trinajstić information content (AvgIpc) is 2.74. The van der Waals surface area contributed by atoms with Crippen molar-refractivity contribution in [2.75, 3.05) is 24.6 Å². The number of rotatable bonds is 3. The molecular weight excluding hydrogens is 377 g/mol. The van der Waals surface area contributed by atoms with E-state index in [2.05, 4.69) is 6.07 Å². The highest BCUT2D eigenvalue weighted by molar-refractivity contribution is 8.03. The van der Waals surface area contributed by atoms with Crippen LogP contribution in [0.15, 0.2) is 59.1 Å². The van der Waals surface area contributed by atoms with Crippen LogP contribution < -0.4 is 9.64 Å². The lowest BCUT2D eigenvalue weighted by Gasteiger charge is -2.42. The number of nitrogens with zero attached hydrogens (tertiary/aromatic N) is 3. The van der Waals surface area contributed by atoms with Gasteiger partial charge in [-0.3, -0.25) is 9.69 Å². The molecule has 0 spiro atoms. The van der Waals surface area contributed by atoms with Crippen LogP contribution in [0.3, 0.4) is 0 Å². The van der Waals surface area contributed by atoms with Crippen LogP contribution in [-0.4, -0.2) is 30.5 Å². The van der Waals surface area contributed by atoms with Gasteiger partial charge >= 0.3 is 0 Å². The second-order valence-corrected chi connectivity index (χ2v) is 7.55. The third kappa shape index (κ3) is 3.32. The van der Waals surface area contributed by atoms with Gasteiger partial charge in [-0.05, 0) is 42.0 Å². The van der Waals surface area contributed by atoms with Crippen molar-refractivity contribution in [1.82, 2.24) is 4.90 Å². The van der Waals surface area contributed by atoms with Crippen molar-refractivity contribution in [3.05, 3.63) is 70.5 Å². The molecule has 1 amide bonds. The Morgan fingerprint density at radius 1 is 1.18 bits per heavy atom. The lowest BCUT2D eigenvalue weighted by Crippen LogP contribution is -2.47. The van der Waals surface area contributed by atoms with Crippen LogP contribution in [0.5, 0.6) is 5.75 Å². The molecule has 1 atom stereocenters. The summed E-state index contributed by atoms with van der Waals surface area (Å²) in [5, 5.41) is 10.5. The number of hydrogen-bond donors (Lipinski definition) is 0. The summed E-state index contributed by atoms with van der Waals surface area (Å²) in [7, 11) is 1.60. The standard InChI is InChI=1S/C21H18FN3O2S/c1-27-17-8-2-14(3-9-17)18-10-20(26)25-12-24(13-28-21(25)19(18)11-23)16-6-4-15(22)5-7-16/h2-9,18H,10,12-13H2,1H3. The molecule has 1 unspecified atom stereocenters. The normalized spacial score (nSPS) is 19.3. The third-order valence-electron chi connectivity index (χ3n) is 5.00. The lowest BCUT2D eigenvalue weighted by atomic mass is 9.86. The Balaban J connectivity index is 1.63. The molecule has 142 valence electrons. The number of amides is 1. The molecule has 5 nitrogen and oxygen atoms in total. The largest absolute Gasteiger partial charge is 0.497 e. The molecule has 2 aliphatic rings. The molecule has 1 saturated heterocycles. The number of carbonyl (C=O) groups excluding carboxylic acids is 1. The highest BCUT2D eigenvalue weighted by Crippen LogP contribution is 2.43. The van der Waals surface area contributed by atoms with E-state index in [-0.39, 0.29) is 24.1 Å². The average molecular weight is 395 g/mol. The van der Waals surface area contributed by atoms with E-state index in [0.717, 1.165) is 22.0 Å². The molecule has 2 aromatic carbocycles. The van der Waals surface area contributed by atoms with Crippen LogP contribution in [0, 0.1) is 17.1 Å². The van der Waals surface area contributed by atoms with Crippen molar-refractivity contribution in [2.45, 2.75) is 12.3 Å². The summed E-state index contributed by atoms with van der Waals surface area (Å²) in [5.41, 5.74) is 2.39. The van der Waals surface area contributed by atoms with Crippen molar-refractivity contribution in [3.63, 3.8) is 0 Å². The number of anilines is 1. The number of ether oxygens (including phenoxy) is 1. The molecule has 1 fully saturated rings. The Morgan fingerprint density at radius 2 is 1.89 bits per heavy atom. The number of halogens is 1. The van der Waals surface area contributed by atoms with Crippen molar-refractivity contribution < 1.29 is 13.9 Å². The van der Waals surface area contributed by atoms with E-state index in [1.165, 1.54) is 23.9 Å². The van der Waals surface area contributed by atoms with Crippen LogP contribution in [0.25, 0.3) is 0 Å². The molecule has 0 saturated carbocycles. The van der Waals surface area contributed by atoms with E-state index in [1.54, 1.807) is 24.1 Å². The minimum absolute atomic E-state index is 0.0193. The zero-order valence-corrected chi connectivity index (χ0v) is 16.1. The van der Waals surface area contributed by atoms with Crippen LogP contribution in [0.4, 0.5) is 10.1 Å². The Bertz CT molecular complexity index is 967. The molecule has 0 bridgehead atoms. The molecule has 2 heterocycles. The molecule has 2 aromatic rings. The first-order valence-electron chi connectivity index (χ1n) is 8.82. The number of methoxy groups -OCH3 is 1.